The number of carbonyl (C=O) groups excluding carboxylic acids is 1. The topological polar surface area (TPSA) is 47.9 Å². The van der Waals surface area contributed by atoms with Crippen molar-refractivity contribution in [3.63, 3.8) is 0 Å². The Morgan fingerprint density at radius 1 is 1.13 bits per heavy atom. The summed E-state index contributed by atoms with van der Waals surface area (Å²) in [6, 6.07) is 12.1. The molecule has 0 aliphatic carbocycles. The first kappa shape index (κ1) is 15.6. The van der Waals surface area contributed by atoms with Crippen molar-refractivity contribution in [2.45, 2.75) is 0 Å². The van der Waals surface area contributed by atoms with Crippen LogP contribution in [0.1, 0.15) is 11.1 Å². The van der Waals surface area contributed by atoms with Crippen LogP contribution < -0.4 is 4.74 Å². The van der Waals surface area contributed by atoms with Crippen molar-refractivity contribution < 1.29 is 14.3 Å². The van der Waals surface area contributed by atoms with Gasteiger partial charge >= 0.3 is 5.97 Å². The summed E-state index contributed by atoms with van der Waals surface area (Å²) in [4.78, 5) is 16.2. The molecule has 6 heteroatoms. The molecule has 2 aromatic carbocycles. The highest BCUT2D eigenvalue weighted by molar-refractivity contribution is 6.32. The molecule has 0 saturated heterocycles. The smallest absolute Gasteiger partial charge is 0.363 e. The SMILES string of the molecule is COc1ccc(/C=C2\N=C(c3ccc(Cl)cc3)OC2=O)cc1Cl. The number of methoxy groups -OCH3 is 1. The van der Waals surface area contributed by atoms with Crippen LogP contribution in [-0.4, -0.2) is 19.0 Å². The molecule has 0 spiro atoms. The number of esters is 1. The molecule has 0 saturated carbocycles. The van der Waals surface area contributed by atoms with Crippen LogP contribution in [0, 0.1) is 0 Å². The zero-order valence-electron chi connectivity index (χ0n) is 12.0. The summed E-state index contributed by atoms with van der Waals surface area (Å²) in [5.74, 6) is 0.299. The molecular weight excluding hydrogens is 337 g/mol. The number of hydrogen-bond donors (Lipinski definition) is 0. The Morgan fingerprint density at radius 2 is 1.87 bits per heavy atom. The molecule has 0 fully saturated rings. The van der Waals surface area contributed by atoms with Gasteiger partial charge in [0.1, 0.15) is 5.75 Å². The Labute approximate surface area is 143 Å². The molecule has 1 aliphatic rings. The first-order chi connectivity index (χ1) is 11.1. The Balaban J connectivity index is 1.91. The second-order valence-corrected chi connectivity index (χ2v) is 5.58. The lowest BCUT2D eigenvalue weighted by atomic mass is 10.2. The molecule has 4 nitrogen and oxygen atoms in total. The van der Waals surface area contributed by atoms with Gasteiger partial charge in [-0.2, -0.15) is 0 Å². The maximum Gasteiger partial charge on any atom is 0.363 e. The zero-order valence-corrected chi connectivity index (χ0v) is 13.6. The summed E-state index contributed by atoms with van der Waals surface area (Å²) in [6.07, 6.45) is 1.61. The molecule has 2 aromatic rings. The first-order valence-corrected chi connectivity index (χ1v) is 7.44. The number of aliphatic imine (C=N–C) groups is 1. The summed E-state index contributed by atoms with van der Waals surface area (Å²) >= 11 is 11.9. The van der Waals surface area contributed by atoms with Gasteiger partial charge in [-0.15, -0.1) is 0 Å². The monoisotopic (exact) mass is 347 g/mol. The molecule has 0 N–H and O–H groups in total. The summed E-state index contributed by atoms with van der Waals surface area (Å²) in [5, 5.41) is 1.05. The second-order valence-electron chi connectivity index (χ2n) is 4.74. The van der Waals surface area contributed by atoms with Gasteiger partial charge in [0.2, 0.25) is 5.90 Å². The van der Waals surface area contributed by atoms with E-state index in [0.717, 1.165) is 5.56 Å². The first-order valence-electron chi connectivity index (χ1n) is 6.69. The van der Waals surface area contributed by atoms with Crippen molar-refractivity contribution in [2.75, 3.05) is 7.11 Å². The molecule has 1 aliphatic heterocycles. The standard InChI is InChI=1S/C17H11Cl2NO3/c1-22-15-7-2-10(8-13(15)19)9-14-17(21)23-16(20-14)11-3-5-12(18)6-4-11/h2-9H,1H3/b14-9-. The molecule has 1 heterocycles. The van der Waals surface area contributed by atoms with Crippen molar-refractivity contribution in [3.05, 3.63) is 69.3 Å². The summed E-state index contributed by atoms with van der Waals surface area (Å²) in [5.41, 5.74) is 1.61. The second kappa shape index (κ2) is 6.44. The Bertz CT molecular complexity index is 826. The van der Waals surface area contributed by atoms with E-state index in [-0.39, 0.29) is 11.6 Å². The van der Waals surface area contributed by atoms with Gasteiger partial charge in [0.25, 0.3) is 0 Å². The fourth-order valence-electron chi connectivity index (χ4n) is 2.06. The van der Waals surface area contributed by atoms with Crippen molar-refractivity contribution >= 4 is 41.1 Å². The minimum Gasteiger partial charge on any atom is -0.495 e. The van der Waals surface area contributed by atoms with E-state index in [4.69, 9.17) is 32.7 Å². The van der Waals surface area contributed by atoms with E-state index in [1.165, 1.54) is 7.11 Å². The van der Waals surface area contributed by atoms with Crippen LogP contribution in [0.4, 0.5) is 0 Å². The molecular formula is C17H11Cl2NO3. The van der Waals surface area contributed by atoms with Gasteiger partial charge in [-0.25, -0.2) is 9.79 Å². The Hall–Kier alpha value is -2.30. The van der Waals surface area contributed by atoms with E-state index < -0.39 is 5.97 Å². The summed E-state index contributed by atoms with van der Waals surface area (Å²) in [6.45, 7) is 0. The van der Waals surface area contributed by atoms with Crippen LogP contribution in [0.3, 0.4) is 0 Å². The molecule has 116 valence electrons. The fourth-order valence-corrected chi connectivity index (χ4v) is 2.45. The average molecular weight is 348 g/mol. The molecule has 0 bridgehead atoms. The highest BCUT2D eigenvalue weighted by Gasteiger charge is 2.24. The van der Waals surface area contributed by atoms with Crippen LogP contribution in [0.2, 0.25) is 10.0 Å². The Kier molecular flexibility index (Phi) is 4.37. The highest BCUT2D eigenvalue weighted by atomic mass is 35.5. The van der Waals surface area contributed by atoms with Gasteiger partial charge in [-0.3, -0.25) is 0 Å². The van der Waals surface area contributed by atoms with Crippen molar-refractivity contribution in [3.8, 4) is 5.75 Å². The van der Waals surface area contributed by atoms with Crippen molar-refractivity contribution in [2.24, 2.45) is 4.99 Å². The van der Waals surface area contributed by atoms with E-state index in [1.54, 1.807) is 48.5 Å². The third-order valence-electron chi connectivity index (χ3n) is 3.19. The van der Waals surface area contributed by atoms with E-state index in [9.17, 15) is 4.79 Å². The number of carbonyl (C=O) groups is 1. The minimum absolute atomic E-state index is 0.205. The summed E-state index contributed by atoms with van der Waals surface area (Å²) in [7, 11) is 1.54. The molecule has 0 aromatic heterocycles. The number of halogens is 2. The zero-order chi connectivity index (χ0) is 16.4. The summed E-state index contributed by atoms with van der Waals surface area (Å²) < 4.78 is 10.3. The van der Waals surface area contributed by atoms with Crippen LogP contribution >= 0.6 is 23.2 Å². The molecule has 0 radical (unpaired) electrons. The molecule has 23 heavy (non-hydrogen) atoms. The van der Waals surface area contributed by atoms with E-state index in [0.29, 0.717) is 21.4 Å². The minimum atomic E-state index is -0.512. The van der Waals surface area contributed by atoms with Crippen LogP contribution in [0.25, 0.3) is 6.08 Å². The van der Waals surface area contributed by atoms with Crippen molar-refractivity contribution in [1.82, 2.24) is 0 Å². The maximum absolute atomic E-state index is 11.9. The van der Waals surface area contributed by atoms with Crippen molar-refractivity contribution in [1.29, 1.82) is 0 Å². The van der Waals surface area contributed by atoms with Gasteiger partial charge in [0, 0.05) is 10.6 Å². The van der Waals surface area contributed by atoms with Crippen LogP contribution in [-0.2, 0) is 9.53 Å². The number of nitrogens with zero attached hydrogens (tertiary/aromatic N) is 1. The van der Waals surface area contributed by atoms with Gasteiger partial charge in [-0.05, 0) is 48.0 Å². The number of cyclic esters (lactones) is 1. The third-order valence-corrected chi connectivity index (χ3v) is 3.74. The lowest BCUT2D eigenvalue weighted by Gasteiger charge is -2.03. The normalized spacial score (nSPS) is 15.5. The molecule has 0 unspecified atom stereocenters. The van der Waals surface area contributed by atoms with E-state index in [2.05, 4.69) is 4.99 Å². The number of rotatable bonds is 3. The predicted octanol–water partition coefficient (Wildman–Crippen LogP) is 4.35. The lowest BCUT2D eigenvalue weighted by molar-refractivity contribution is -0.129. The quantitative estimate of drug-likeness (QED) is 0.612. The third kappa shape index (κ3) is 3.38. The Morgan fingerprint density at radius 3 is 2.52 bits per heavy atom. The number of benzene rings is 2. The number of hydrogen-bond acceptors (Lipinski definition) is 4. The maximum atomic E-state index is 11.9. The molecule has 0 atom stereocenters. The highest BCUT2D eigenvalue weighted by Crippen LogP contribution is 2.27. The number of ether oxygens (including phenoxy) is 2. The van der Waals surface area contributed by atoms with Crippen LogP contribution in [0.15, 0.2) is 53.2 Å². The van der Waals surface area contributed by atoms with Gasteiger partial charge in [-0.1, -0.05) is 29.3 Å². The van der Waals surface area contributed by atoms with Crippen LogP contribution in [0.5, 0.6) is 5.75 Å². The van der Waals surface area contributed by atoms with Gasteiger partial charge < -0.3 is 9.47 Å². The van der Waals surface area contributed by atoms with Gasteiger partial charge in [0.15, 0.2) is 5.70 Å². The largest absolute Gasteiger partial charge is 0.495 e. The molecule has 3 rings (SSSR count). The van der Waals surface area contributed by atoms with E-state index >= 15 is 0 Å². The lowest BCUT2D eigenvalue weighted by Crippen LogP contribution is -2.05. The molecule has 0 amide bonds. The van der Waals surface area contributed by atoms with Gasteiger partial charge in [0.05, 0.1) is 12.1 Å². The van der Waals surface area contributed by atoms with E-state index in [1.807, 2.05) is 0 Å². The average Bonchev–Trinajstić information content (AvgIpc) is 2.89. The fraction of sp³-hybridized carbons (Fsp3) is 0.0588. The predicted molar refractivity (Wildman–Crippen MR) is 90.1 cm³/mol.